The van der Waals surface area contributed by atoms with Crippen molar-refractivity contribution in [3.05, 3.63) is 36.4 Å². The second-order valence-corrected chi connectivity index (χ2v) is 6.74. The van der Waals surface area contributed by atoms with Crippen LogP contribution in [0.4, 0.5) is 6.01 Å². The summed E-state index contributed by atoms with van der Waals surface area (Å²) in [6.07, 6.45) is 5.18. The van der Waals surface area contributed by atoms with Gasteiger partial charge in [-0.1, -0.05) is 24.3 Å². The monoisotopic (exact) mass is 323 g/mol. The van der Waals surface area contributed by atoms with E-state index in [1.807, 2.05) is 24.3 Å². The van der Waals surface area contributed by atoms with Crippen LogP contribution in [0.25, 0.3) is 11.1 Å². The van der Waals surface area contributed by atoms with Crippen LogP contribution < -0.4 is 5.32 Å². The molecule has 2 amide bonds. The van der Waals surface area contributed by atoms with Gasteiger partial charge in [0.2, 0.25) is 11.8 Å². The van der Waals surface area contributed by atoms with E-state index in [9.17, 15) is 9.59 Å². The van der Waals surface area contributed by atoms with Crippen LogP contribution in [0.5, 0.6) is 0 Å². The highest BCUT2D eigenvalue weighted by molar-refractivity contribution is 6.06. The molecule has 0 unspecified atom stereocenters. The van der Waals surface area contributed by atoms with Gasteiger partial charge >= 0.3 is 0 Å². The van der Waals surface area contributed by atoms with Crippen molar-refractivity contribution in [2.24, 2.45) is 23.7 Å². The van der Waals surface area contributed by atoms with Gasteiger partial charge in [-0.25, -0.2) is 0 Å². The van der Waals surface area contributed by atoms with Crippen molar-refractivity contribution in [3.8, 4) is 0 Å². The third kappa shape index (κ3) is 1.85. The predicted molar refractivity (Wildman–Crippen MR) is 86.9 cm³/mol. The van der Waals surface area contributed by atoms with Gasteiger partial charge in [0.15, 0.2) is 5.58 Å². The Hall–Kier alpha value is -2.63. The summed E-state index contributed by atoms with van der Waals surface area (Å²) in [5.74, 6) is 0.231. The number of fused-ring (bicyclic) bond motifs is 6. The van der Waals surface area contributed by atoms with Crippen molar-refractivity contribution in [3.63, 3.8) is 0 Å². The third-order valence-corrected chi connectivity index (χ3v) is 5.47. The minimum atomic E-state index is -0.128. The largest absolute Gasteiger partial charge is 0.424 e. The molecule has 4 atom stereocenters. The highest BCUT2D eigenvalue weighted by atomic mass is 16.4. The number of nitrogens with one attached hydrogen (secondary N) is 1. The van der Waals surface area contributed by atoms with Gasteiger partial charge in [0.1, 0.15) is 5.52 Å². The predicted octanol–water partition coefficient (Wildman–Crippen LogP) is 2.05. The van der Waals surface area contributed by atoms with Crippen LogP contribution in [-0.2, 0) is 9.59 Å². The fraction of sp³-hybridized carbons (Fsp3) is 0.389. The maximum atomic E-state index is 12.6. The summed E-state index contributed by atoms with van der Waals surface area (Å²) in [5, 5.41) is 3.07. The first-order chi connectivity index (χ1) is 11.7. The van der Waals surface area contributed by atoms with Gasteiger partial charge in [-0.15, -0.1) is 0 Å². The number of hydrogen-bond donors (Lipinski definition) is 1. The second-order valence-electron chi connectivity index (χ2n) is 6.74. The van der Waals surface area contributed by atoms with Gasteiger partial charge in [0, 0.05) is 13.1 Å². The summed E-state index contributed by atoms with van der Waals surface area (Å²) in [5.41, 5.74) is 1.50. The van der Waals surface area contributed by atoms with E-state index in [1.54, 1.807) is 0 Å². The molecule has 2 bridgehead atoms. The Labute approximate surface area is 138 Å². The van der Waals surface area contributed by atoms with E-state index in [4.69, 9.17) is 4.42 Å². The van der Waals surface area contributed by atoms with Crippen LogP contribution in [0.1, 0.15) is 6.42 Å². The van der Waals surface area contributed by atoms with E-state index < -0.39 is 0 Å². The number of likely N-dealkylation sites (tertiary alicyclic amines) is 1. The summed E-state index contributed by atoms with van der Waals surface area (Å²) >= 11 is 0. The van der Waals surface area contributed by atoms with Crippen molar-refractivity contribution in [2.45, 2.75) is 6.42 Å². The number of carbonyl (C=O) groups is 2. The fourth-order valence-corrected chi connectivity index (χ4v) is 4.41. The molecule has 1 aromatic heterocycles. The quantitative estimate of drug-likeness (QED) is 0.688. The molecular formula is C18H17N3O3. The van der Waals surface area contributed by atoms with Crippen molar-refractivity contribution < 1.29 is 14.0 Å². The van der Waals surface area contributed by atoms with E-state index in [2.05, 4.69) is 22.5 Å². The Balaban J connectivity index is 1.26. The fourth-order valence-electron chi connectivity index (χ4n) is 4.41. The average Bonchev–Trinajstić information content (AvgIpc) is 3.33. The molecule has 0 radical (unpaired) electrons. The molecule has 24 heavy (non-hydrogen) atoms. The zero-order valence-corrected chi connectivity index (χ0v) is 13.0. The second kappa shape index (κ2) is 4.93. The maximum absolute atomic E-state index is 12.6. The van der Waals surface area contributed by atoms with E-state index in [0.29, 0.717) is 24.7 Å². The number of benzene rings is 1. The van der Waals surface area contributed by atoms with Gasteiger partial charge in [-0.05, 0) is 30.4 Å². The lowest BCUT2D eigenvalue weighted by atomic mass is 9.85. The Morgan fingerprint density at radius 1 is 1.12 bits per heavy atom. The molecule has 1 aromatic carbocycles. The van der Waals surface area contributed by atoms with Crippen molar-refractivity contribution in [1.82, 2.24) is 9.88 Å². The molecular weight excluding hydrogens is 306 g/mol. The number of para-hydroxylation sites is 2. The first-order valence-corrected chi connectivity index (χ1v) is 8.35. The number of nitrogens with zero attached hydrogens (tertiary/aromatic N) is 2. The van der Waals surface area contributed by atoms with Crippen molar-refractivity contribution in [1.29, 1.82) is 0 Å². The van der Waals surface area contributed by atoms with Crippen molar-refractivity contribution in [2.75, 3.05) is 18.4 Å². The lowest BCUT2D eigenvalue weighted by Gasteiger charge is -2.16. The van der Waals surface area contributed by atoms with Crippen LogP contribution in [0.2, 0.25) is 0 Å². The molecule has 2 aliphatic carbocycles. The summed E-state index contributed by atoms with van der Waals surface area (Å²) in [7, 11) is 0. The minimum absolute atomic E-state index is 0.0128. The van der Waals surface area contributed by atoms with Gasteiger partial charge in [-0.2, -0.15) is 4.98 Å². The molecule has 1 saturated heterocycles. The lowest BCUT2D eigenvalue weighted by Crippen LogP contribution is -2.36. The number of imide groups is 1. The molecule has 6 heteroatoms. The highest BCUT2D eigenvalue weighted by Gasteiger charge is 2.58. The van der Waals surface area contributed by atoms with E-state index in [-0.39, 0.29) is 35.5 Å². The number of anilines is 1. The van der Waals surface area contributed by atoms with E-state index in [1.165, 1.54) is 4.90 Å². The van der Waals surface area contributed by atoms with Crippen LogP contribution in [0.3, 0.4) is 0 Å². The van der Waals surface area contributed by atoms with Crippen LogP contribution in [0.15, 0.2) is 40.8 Å². The number of oxazole rings is 1. The molecule has 6 nitrogen and oxygen atoms in total. The Morgan fingerprint density at radius 3 is 2.54 bits per heavy atom. The Morgan fingerprint density at radius 2 is 1.83 bits per heavy atom. The molecule has 3 aliphatic rings. The molecule has 1 N–H and O–H groups in total. The zero-order chi connectivity index (χ0) is 16.3. The normalized spacial score (nSPS) is 30.6. The summed E-state index contributed by atoms with van der Waals surface area (Å²) < 4.78 is 5.58. The number of amides is 2. The molecule has 2 fully saturated rings. The number of allylic oxidation sites excluding steroid dienone is 2. The molecule has 1 aliphatic heterocycles. The zero-order valence-electron chi connectivity index (χ0n) is 13.0. The molecule has 5 rings (SSSR count). The Bertz CT molecular complexity index is 808. The molecule has 2 aromatic rings. The first kappa shape index (κ1) is 13.8. The SMILES string of the molecule is O=C1[C@@H]2[C@@H](C(=O)N1CCNc1nc3ccccc3o1)[C@H]1C=C[C@H]2C1. The van der Waals surface area contributed by atoms with E-state index >= 15 is 0 Å². The minimum Gasteiger partial charge on any atom is -0.424 e. The molecule has 1 saturated carbocycles. The molecule has 0 spiro atoms. The highest BCUT2D eigenvalue weighted by Crippen LogP contribution is 2.52. The van der Waals surface area contributed by atoms with Crippen LogP contribution in [0, 0.1) is 23.7 Å². The van der Waals surface area contributed by atoms with Crippen LogP contribution >= 0.6 is 0 Å². The maximum Gasteiger partial charge on any atom is 0.295 e. The Kier molecular flexibility index (Phi) is 2.83. The average molecular weight is 323 g/mol. The summed E-state index contributed by atoms with van der Waals surface area (Å²) in [6.45, 7) is 0.787. The smallest absolute Gasteiger partial charge is 0.295 e. The topological polar surface area (TPSA) is 75.4 Å². The number of hydrogen-bond acceptors (Lipinski definition) is 5. The summed E-state index contributed by atoms with van der Waals surface area (Å²) in [4.78, 5) is 30.9. The standard InChI is InChI=1S/C18H17N3O3/c22-16-14-10-5-6-11(9-10)15(14)17(23)21(16)8-7-19-18-20-12-3-1-2-4-13(12)24-18/h1-6,10-11,14-15H,7-9H2,(H,19,20)/t10-,11-,14-,15-/m0/s1. The van der Waals surface area contributed by atoms with Gasteiger partial charge in [0.05, 0.1) is 11.8 Å². The third-order valence-electron chi connectivity index (χ3n) is 5.47. The molecule has 122 valence electrons. The number of carbonyl (C=O) groups excluding carboxylic acids is 2. The number of aromatic nitrogens is 1. The number of rotatable bonds is 4. The van der Waals surface area contributed by atoms with Crippen LogP contribution in [-0.4, -0.2) is 34.8 Å². The molecule has 2 heterocycles. The van der Waals surface area contributed by atoms with E-state index in [0.717, 1.165) is 11.9 Å². The lowest BCUT2D eigenvalue weighted by molar-refractivity contribution is -0.140. The summed E-state index contributed by atoms with van der Waals surface area (Å²) in [6, 6.07) is 7.93. The first-order valence-electron chi connectivity index (χ1n) is 8.35. The van der Waals surface area contributed by atoms with Crippen molar-refractivity contribution >= 4 is 28.9 Å². The van der Waals surface area contributed by atoms with Gasteiger partial charge in [-0.3, -0.25) is 14.5 Å². The van der Waals surface area contributed by atoms with Gasteiger partial charge < -0.3 is 9.73 Å². The van der Waals surface area contributed by atoms with Gasteiger partial charge in [0.25, 0.3) is 6.01 Å².